The van der Waals surface area contributed by atoms with Gasteiger partial charge in [-0.15, -0.1) is 11.8 Å². The smallest absolute Gasteiger partial charge is 0.165 e. The van der Waals surface area contributed by atoms with Crippen molar-refractivity contribution in [3.05, 3.63) is 36.2 Å². The number of benzene rings is 1. The summed E-state index contributed by atoms with van der Waals surface area (Å²) in [6.45, 7) is 3.80. The molecule has 0 aliphatic heterocycles. The molecule has 70 valence electrons. The summed E-state index contributed by atoms with van der Waals surface area (Å²) >= 11 is 1.50. The molecule has 1 rings (SSSR count). The summed E-state index contributed by atoms with van der Waals surface area (Å²) in [4.78, 5) is 0.849. The molecule has 0 bridgehead atoms. The molecular weight excluding hydrogens is 187 g/mol. The van der Waals surface area contributed by atoms with Gasteiger partial charge in [-0.3, -0.25) is 0 Å². The molecule has 1 nitrogen and oxygen atoms in total. The highest BCUT2D eigenvalue weighted by atomic mass is 32.2. The van der Waals surface area contributed by atoms with E-state index in [4.69, 9.17) is 4.74 Å². The van der Waals surface area contributed by atoms with Gasteiger partial charge in [-0.25, -0.2) is 4.39 Å². The number of thioether (sulfide) groups is 1. The second-order valence-corrected chi connectivity index (χ2v) is 3.38. The van der Waals surface area contributed by atoms with E-state index < -0.39 is 0 Å². The number of ether oxygens (including phenoxy) is 1. The highest BCUT2D eigenvalue weighted by Gasteiger charge is 2.04. The fourth-order valence-corrected chi connectivity index (χ4v) is 1.32. The van der Waals surface area contributed by atoms with Gasteiger partial charge in [0, 0.05) is 4.91 Å². The van der Waals surface area contributed by atoms with Crippen molar-refractivity contribution in [1.29, 1.82) is 0 Å². The Balaban J connectivity index is 3.02. The first-order valence-corrected chi connectivity index (χ1v) is 4.98. The van der Waals surface area contributed by atoms with Crippen molar-refractivity contribution in [2.45, 2.75) is 0 Å². The lowest BCUT2D eigenvalue weighted by Crippen LogP contribution is -1.89. The molecular formula is C10H11FOS. The van der Waals surface area contributed by atoms with Crippen molar-refractivity contribution in [1.82, 2.24) is 0 Å². The van der Waals surface area contributed by atoms with Crippen LogP contribution in [0.4, 0.5) is 4.39 Å². The summed E-state index contributed by atoms with van der Waals surface area (Å²) < 4.78 is 18.0. The highest BCUT2D eigenvalue weighted by Crippen LogP contribution is 2.26. The zero-order valence-electron chi connectivity index (χ0n) is 7.63. The second kappa shape index (κ2) is 4.33. The molecule has 1 aromatic carbocycles. The van der Waals surface area contributed by atoms with Gasteiger partial charge in [0.2, 0.25) is 0 Å². The maximum Gasteiger partial charge on any atom is 0.165 e. The molecule has 0 radical (unpaired) electrons. The standard InChI is InChI=1S/C10H11FOS/c1-7(13-3)8-4-5-10(12-2)9(11)6-8/h4-6H,1H2,2-3H3. The monoisotopic (exact) mass is 198 g/mol. The summed E-state index contributed by atoms with van der Waals surface area (Å²) in [5.74, 6) is -0.0900. The third kappa shape index (κ3) is 2.25. The van der Waals surface area contributed by atoms with Crippen LogP contribution in [0.2, 0.25) is 0 Å². The Morgan fingerprint density at radius 3 is 2.69 bits per heavy atom. The largest absolute Gasteiger partial charge is 0.494 e. The van der Waals surface area contributed by atoms with E-state index in [1.807, 2.05) is 6.26 Å². The van der Waals surface area contributed by atoms with Crippen molar-refractivity contribution in [2.75, 3.05) is 13.4 Å². The molecule has 0 saturated carbocycles. The van der Waals surface area contributed by atoms with Gasteiger partial charge in [0.1, 0.15) is 0 Å². The van der Waals surface area contributed by atoms with E-state index in [9.17, 15) is 4.39 Å². The van der Waals surface area contributed by atoms with Crippen LogP contribution < -0.4 is 4.74 Å². The molecule has 0 aromatic heterocycles. The zero-order chi connectivity index (χ0) is 9.84. The van der Waals surface area contributed by atoms with Gasteiger partial charge in [0.25, 0.3) is 0 Å². The lowest BCUT2D eigenvalue weighted by Gasteiger charge is -2.05. The van der Waals surface area contributed by atoms with Crippen LogP contribution in [0.15, 0.2) is 24.8 Å². The van der Waals surface area contributed by atoms with Crippen LogP contribution >= 0.6 is 11.8 Å². The molecule has 0 unspecified atom stereocenters. The maximum atomic E-state index is 13.2. The van der Waals surface area contributed by atoms with Crippen molar-refractivity contribution in [3.8, 4) is 5.75 Å². The minimum Gasteiger partial charge on any atom is -0.494 e. The van der Waals surface area contributed by atoms with Gasteiger partial charge < -0.3 is 4.74 Å². The van der Waals surface area contributed by atoms with Crippen molar-refractivity contribution in [2.24, 2.45) is 0 Å². The zero-order valence-corrected chi connectivity index (χ0v) is 8.45. The lowest BCUT2D eigenvalue weighted by molar-refractivity contribution is 0.386. The topological polar surface area (TPSA) is 9.23 Å². The van der Waals surface area contributed by atoms with E-state index in [0.717, 1.165) is 10.5 Å². The van der Waals surface area contributed by atoms with E-state index in [2.05, 4.69) is 6.58 Å². The molecule has 0 N–H and O–H groups in total. The SMILES string of the molecule is C=C(SC)c1ccc(OC)c(F)c1. The van der Waals surface area contributed by atoms with Crippen LogP contribution in [-0.2, 0) is 0 Å². The number of methoxy groups -OCH3 is 1. The van der Waals surface area contributed by atoms with Crippen molar-refractivity contribution >= 4 is 16.7 Å². The molecule has 0 heterocycles. The van der Waals surface area contributed by atoms with Crippen LogP contribution in [0, 0.1) is 5.82 Å². The molecule has 0 amide bonds. The first kappa shape index (κ1) is 10.1. The summed E-state index contributed by atoms with van der Waals surface area (Å²) in [6.07, 6.45) is 1.91. The van der Waals surface area contributed by atoms with Gasteiger partial charge >= 0.3 is 0 Å². The van der Waals surface area contributed by atoms with E-state index in [1.165, 1.54) is 24.9 Å². The molecule has 1 aromatic rings. The lowest BCUT2D eigenvalue weighted by atomic mass is 10.2. The molecule has 3 heteroatoms. The molecule has 0 atom stereocenters. The predicted molar refractivity (Wildman–Crippen MR) is 55.5 cm³/mol. The second-order valence-electron chi connectivity index (χ2n) is 2.48. The van der Waals surface area contributed by atoms with Gasteiger partial charge in [-0.05, 0) is 30.0 Å². The average Bonchev–Trinajstić information content (AvgIpc) is 2.16. The Morgan fingerprint density at radius 1 is 1.54 bits per heavy atom. The summed E-state index contributed by atoms with van der Waals surface area (Å²) in [7, 11) is 1.45. The van der Waals surface area contributed by atoms with E-state index >= 15 is 0 Å². The summed E-state index contributed by atoms with van der Waals surface area (Å²) in [5, 5.41) is 0. The fourth-order valence-electron chi connectivity index (χ4n) is 0.958. The van der Waals surface area contributed by atoms with Gasteiger partial charge in [0.05, 0.1) is 7.11 Å². The Bertz CT molecular complexity index is 323. The minimum absolute atomic E-state index is 0.262. The van der Waals surface area contributed by atoms with Crippen molar-refractivity contribution in [3.63, 3.8) is 0 Å². The molecule has 0 spiro atoms. The molecule has 0 saturated heterocycles. The first-order chi connectivity index (χ1) is 6.19. The van der Waals surface area contributed by atoms with Crippen LogP contribution in [0.1, 0.15) is 5.56 Å². The Labute approximate surface area is 81.6 Å². The number of rotatable bonds is 3. The third-order valence-corrected chi connectivity index (χ3v) is 2.45. The molecule has 13 heavy (non-hydrogen) atoms. The predicted octanol–water partition coefficient (Wildman–Crippen LogP) is 3.17. The Morgan fingerprint density at radius 2 is 2.23 bits per heavy atom. The Kier molecular flexibility index (Phi) is 3.37. The minimum atomic E-state index is -0.352. The summed E-state index contributed by atoms with van der Waals surface area (Å²) in [5.41, 5.74) is 0.797. The van der Waals surface area contributed by atoms with Crippen LogP contribution in [-0.4, -0.2) is 13.4 Å². The maximum absolute atomic E-state index is 13.2. The highest BCUT2D eigenvalue weighted by molar-refractivity contribution is 8.07. The van der Waals surface area contributed by atoms with Gasteiger partial charge in [-0.1, -0.05) is 6.58 Å². The van der Waals surface area contributed by atoms with E-state index in [-0.39, 0.29) is 11.6 Å². The van der Waals surface area contributed by atoms with Crippen LogP contribution in [0.25, 0.3) is 4.91 Å². The third-order valence-electron chi connectivity index (χ3n) is 1.72. The molecule has 0 aliphatic carbocycles. The molecule has 0 fully saturated rings. The van der Waals surface area contributed by atoms with E-state index in [0.29, 0.717) is 0 Å². The van der Waals surface area contributed by atoms with Crippen LogP contribution in [0.3, 0.4) is 0 Å². The average molecular weight is 198 g/mol. The number of hydrogen-bond donors (Lipinski definition) is 0. The normalized spacial score (nSPS) is 9.77. The van der Waals surface area contributed by atoms with Gasteiger partial charge in [0.15, 0.2) is 11.6 Å². The summed E-state index contributed by atoms with van der Waals surface area (Å²) in [6, 6.07) is 4.82. The number of hydrogen-bond acceptors (Lipinski definition) is 2. The first-order valence-electron chi connectivity index (χ1n) is 3.76. The Hall–Kier alpha value is -0.960. The van der Waals surface area contributed by atoms with Crippen LogP contribution in [0.5, 0.6) is 5.75 Å². The van der Waals surface area contributed by atoms with Gasteiger partial charge in [-0.2, -0.15) is 0 Å². The number of halogens is 1. The fraction of sp³-hybridized carbons (Fsp3) is 0.200. The molecule has 0 aliphatic rings. The van der Waals surface area contributed by atoms with E-state index in [1.54, 1.807) is 12.1 Å². The van der Waals surface area contributed by atoms with Crippen molar-refractivity contribution < 1.29 is 9.13 Å². The quantitative estimate of drug-likeness (QED) is 0.737.